The first-order valence-electron chi connectivity index (χ1n) is 5.52. The molecule has 0 fully saturated rings. The number of amides is 2. The van der Waals surface area contributed by atoms with Crippen molar-refractivity contribution in [1.29, 1.82) is 0 Å². The number of rotatable bonds is 7. The Kier molecular flexibility index (Phi) is 5.84. The van der Waals surface area contributed by atoms with Crippen LogP contribution in [0.5, 0.6) is 0 Å². The molecule has 0 unspecified atom stereocenters. The maximum absolute atomic E-state index is 12.6. The molecule has 0 aromatic carbocycles. The van der Waals surface area contributed by atoms with E-state index < -0.39 is 25.0 Å². The van der Waals surface area contributed by atoms with Crippen molar-refractivity contribution in [2.45, 2.75) is 12.3 Å². The molecular weight excluding hydrogens is 278 g/mol. The van der Waals surface area contributed by atoms with E-state index in [1.165, 1.54) is 11.3 Å². The average molecular weight is 292 g/mol. The van der Waals surface area contributed by atoms with E-state index in [9.17, 15) is 18.4 Å². The lowest BCUT2D eigenvalue weighted by Gasteiger charge is -2.13. The maximum Gasteiger partial charge on any atom is 0.287 e. The highest BCUT2D eigenvalue weighted by atomic mass is 32.1. The number of aliphatic hydroxyl groups excluding tert-OH is 1. The van der Waals surface area contributed by atoms with Crippen molar-refractivity contribution >= 4 is 23.2 Å². The van der Waals surface area contributed by atoms with Crippen LogP contribution in [-0.4, -0.2) is 42.5 Å². The first-order chi connectivity index (χ1) is 8.94. The predicted octanol–water partition coefficient (Wildman–Crippen LogP) is 0.612. The fourth-order valence-corrected chi connectivity index (χ4v) is 1.80. The van der Waals surface area contributed by atoms with Gasteiger partial charge in [0.25, 0.3) is 11.8 Å². The molecule has 0 spiro atoms. The molecule has 1 rings (SSSR count). The second kappa shape index (κ2) is 7.15. The van der Waals surface area contributed by atoms with Crippen molar-refractivity contribution in [2.75, 3.05) is 19.7 Å². The second-order valence-electron chi connectivity index (χ2n) is 3.77. The summed E-state index contributed by atoms with van der Waals surface area (Å²) in [5.74, 6) is -4.24. The highest BCUT2D eigenvalue weighted by Crippen LogP contribution is 2.09. The van der Waals surface area contributed by atoms with E-state index in [1.807, 2.05) is 5.32 Å². The van der Waals surface area contributed by atoms with Gasteiger partial charge in [0, 0.05) is 13.0 Å². The number of carbonyl (C=O) groups is 2. The van der Waals surface area contributed by atoms with Gasteiger partial charge in [-0.15, -0.1) is 11.3 Å². The molecule has 2 amide bonds. The smallest absolute Gasteiger partial charge is 0.287 e. The molecule has 19 heavy (non-hydrogen) atoms. The third-order valence-corrected chi connectivity index (χ3v) is 3.03. The molecule has 106 valence electrons. The summed E-state index contributed by atoms with van der Waals surface area (Å²) in [6.45, 7) is -2.17. The van der Waals surface area contributed by atoms with E-state index in [-0.39, 0.29) is 18.9 Å². The fraction of sp³-hybridized carbons (Fsp3) is 0.455. The largest absolute Gasteiger partial charge is 0.390 e. The van der Waals surface area contributed by atoms with E-state index in [2.05, 4.69) is 5.32 Å². The molecule has 0 aliphatic carbocycles. The van der Waals surface area contributed by atoms with E-state index in [0.29, 0.717) is 4.88 Å². The minimum Gasteiger partial charge on any atom is -0.390 e. The average Bonchev–Trinajstić information content (AvgIpc) is 2.90. The summed E-state index contributed by atoms with van der Waals surface area (Å²) in [6, 6.07) is 3.37. The van der Waals surface area contributed by atoms with Gasteiger partial charge in [-0.1, -0.05) is 6.07 Å². The van der Waals surface area contributed by atoms with Crippen molar-refractivity contribution in [1.82, 2.24) is 10.6 Å². The highest BCUT2D eigenvalue weighted by Gasteiger charge is 2.27. The summed E-state index contributed by atoms with van der Waals surface area (Å²) in [5, 5.41) is 14.5. The summed E-state index contributed by atoms with van der Waals surface area (Å²) in [6.07, 6.45) is -0.0986. The first-order valence-corrected chi connectivity index (χ1v) is 6.40. The molecule has 8 heteroatoms. The monoisotopic (exact) mass is 292 g/mol. The van der Waals surface area contributed by atoms with E-state index in [0.717, 1.165) is 0 Å². The van der Waals surface area contributed by atoms with Gasteiger partial charge in [-0.2, -0.15) is 0 Å². The number of alkyl halides is 2. The second-order valence-corrected chi connectivity index (χ2v) is 4.72. The van der Waals surface area contributed by atoms with E-state index in [4.69, 9.17) is 5.11 Å². The Morgan fingerprint density at radius 1 is 1.37 bits per heavy atom. The van der Waals surface area contributed by atoms with Crippen molar-refractivity contribution < 1.29 is 23.5 Å². The summed E-state index contributed by atoms with van der Waals surface area (Å²) in [5.41, 5.74) is 0. The highest BCUT2D eigenvalue weighted by molar-refractivity contribution is 7.12. The summed E-state index contributed by atoms with van der Waals surface area (Å²) in [7, 11) is 0. The molecule has 0 aliphatic heterocycles. The molecule has 1 aromatic heterocycles. The number of carbonyl (C=O) groups excluding carboxylic acids is 2. The Bertz CT molecular complexity index is 424. The maximum atomic E-state index is 12.6. The van der Waals surface area contributed by atoms with Gasteiger partial charge in [0.05, 0.1) is 11.4 Å². The normalized spacial score (nSPS) is 11.1. The number of thiophene rings is 1. The number of hydrogen-bond donors (Lipinski definition) is 3. The van der Waals surface area contributed by atoms with Crippen LogP contribution in [0.1, 0.15) is 16.1 Å². The van der Waals surface area contributed by atoms with Gasteiger partial charge in [-0.05, 0) is 11.4 Å². The van der Waals surface area contributed by atoms with Crippen LogP contribution in [0.15, 0.2) is 17.5 Å². The molecule has 1 heterocycles. The molecule has 1 aromatic rings. The predicted molar refractivity (Wildman–Crippen MR) is 66.3 cm³/mol. The van der Waals surface area contributed by atoms with Crippen LogP contribution in [0, 0.1) is 0 Å². The SMILES string of the molecule is O=C(CCNC(=O)c1cccs1)NCC(F)(F)CO. The standard InChI is InChI=1S/C11H14F2N2O3S/c12-11(13,7-16)6-15-9(17)3-4-14-10(18)8-2-1-5-19-8/h1-2,5,16H,3-4,6-7H2,(H,14,18)(H,15,17). The van der Waals surface area contributed by atoms with Crippen LogP contribution < -0.4 is 10.6 Å². The van der Waals surface area contributed by atoms with Crippen LogP contribution in [0.4, 0.5) is 8.78 Å². The van der Waals surface area contributed by atoms with Crippen LogP contribution in [0.25, 0.3) is 0 Å². The van der Waals surface area contributed by atoms with Crippen LogP contribution in [-0.2, 0) is 4.79 Å². The Hall–Kier alpha value is -1.54. The quantitative estimate of drug-likeness (QED) is 0.689. The third-order valence-electron chi connectivity index (χ3n) is 2.16. The third kappa shape index (κ3) is 5.75. The Morgan fingerprint density at radius 3 is 2.68 bits per heavy atom. The fourth-order valence-electron chi connectivity index (χ4n) is 1.16. The van der Waals surface area contributed by atoms with Gasteiger partial charge in [-0.3, -0.25) is 9.59 Å². The van der Waals surface area contributed by atoms with Gasteiger partial charge >= 0.3 is 0 Å². The van der Waals surface area contributed by atoms with E-state index in [1.54, 1.807) is 17.5 Å². The Labute approximate surface area is 112 Å². The lowest BCUT2D eigenvalue weighted by Crippen LogP contribution is -2.40. The lowest BCUT2D eigenvalue weighted by atomic mass is 10.3. The van der Waals surface area contributed by atoms with Gasteiger partial charge in [-0.25, -0.2) is 8.78 Å². The van der Waals surface area contributed by atoms with Gasteiger partial charge in [0.2, 0.25) is 5.91 Å². The molecule has 3 N–H and O–H groups in total. The van der Waals surface area contributed by atoms with Crippen molar-refractivity contribution in [3.8, 4) is 0 Å². The summed E-state index contributed by atoms with van der Waals surface area (Å²) in [4.78, 5) is 23.2. The first kappa shape index (κ1) is 15.5. The Morgan fingerprint density at radius 2 is 2.11 bits per heavy atom. The zero-order chi connectivity index (χ0) is 14.3. The molecule has 0 aliphatic rings. The van der Waals surface area contributed by atoms with Crippen molar-refractivity contribution in [3.05, 3.63) is 22.4 Å². The Balaban J connectivity index is 2.19. The number of nitrogens with one attached hydrogen (secondary N) is 2. The van der Waals surface area contributed by atoms with E-state index >= 15 is 0 Å². The molecular formula is C11H14F2N2O3S. The zero-order valence-corrected chi connectivity index (χ0v) is 10.8. The molecule has 0 saturated carbocycles. The van der Waals surface area contributed by atoms with Gasteiger partial charge < -0.3 is 15.7 Å². The lowest BCUT2D eigenvalue weighted by molar-refractivity contribution is -0.123. The molecule has 0 radical (unpaired) electrons. The molecule has 0 atom stereocenters. The topological polar surface area (TPSA) is 78.4 Å². The van der Waals surface area contributed by atoms with Crippen molar-refractivity contribution in [3.63, 3.8) is 0 Å². The van der Waals surface area contributed by atoms with Crippen LogP contribution in [0.3, 0.4) is 0 Å². The molecule has 0 saturated heterocycles. The molecule has 0 bridgehead atoms. The zero-order valence-electron chi connectivity index (χ0n) is 9.99. The number of halogens is 2. The molecule has 5 nitrogen and oxygen atoms in total. The summed E-state index contributed by atoms with van der Waals surface area (Å²) < 4.78 is 25.2. The van der Waals surface area contributed by atoms with Gasteiger partial charge in [0.1, 0.15) is 6.61 Å². The van der Waals surface area contributed by atoms with Crippen molar-refractivity contribution in [2.24, 2.45) is 0 Å². The van der Waals surface area contributed by atoms with Crippen LogP contribution >= 0.6 is 11.3 Å². The van der Waals surface area contributed by atoms with Crippen LogP contribution in [0.2, 0.25) is 0 Å². The minimum absolute atomic E-state index is 0.0628. The minimum atomic E-state index is -3.32. The summed E-state index contributed by atoms with van der Waals surface area (Å²) >= 11 is 1.27. The number of hydrogen-bond acceptors (Lipinski definition) is 4. The number of aliphatic hydroxyl groups is 1. The van der Waals surface area contributed by atoms with Gasteiger partial charge in [0.15, 0.2) is 0 Å².